The first-order valence-electron chi connectivity index (χ1n) is 11.4. The minimum absolute atomic E-state index is 0.0262. The van der Waals surface area contributed by atoms with Gasteiger partial charge in [0.15, 0.2) is 0 Å². The number of H-pyrrole nitrogens is 1. The normalized spacial score (nSPS) is 20.8. The molecule has 11 nitrogen and oxygen atoms in total. The van der Waals surface area contributed by atoms with E-state index in [2.05, 4.69) is 15.6 Å². The fraction of sp³-hybridized carbons (Fsp3) is 0.435. The van der Waals surface area contributed by atoms with Crippen LogP contribution in [0, 0.1) is 5.82 Å². The third-order valence-electron chi connectivity index (χ3n) is 6.16. The average Bonchev–Trinajstić information content (AvgIpc) is 3.22. The topological polar surface area (TPSA) is 143 Å². The predicted molar refractivity (Wildman–Crippen MR) is 121 cm³/mol. The molecule has 2 aromatic rings. The average molecular weight is 487 g/mol. The Hall–Kier alpha value is -3.96. The highest BCUT2D eigenvalue weighted by Gasteiger charge is 2.38. The number of nitrogens with zero attached hydrogens (tertiary/aromatic N) is 2. The number of rotatable bonds is 3. The van der Waals surface area contributed by atoms with E-state index >= 15 is 0 Å². The Kier molecular flexibility index (Phi) is 7.28. The summed E-state index contributed by atoms with van der Waals surface area (Å²) in [6.07, 6.45) is 2.51. The second-order valence-corrected chi connectivity index (χ2v) is 8.49. The summed E-state index contributed by atoms with van der Waals surface area (Å²) in [4.78, 5) is 65.5. The van der Waals surface area contributed by atoms with Crippen LogP contribution in [-0.2, 0) is 16.1 Å². The van der Waals surface area contributed by atoms with Crippen molar-refractivity contribution in [1.29, 1.82) is 0 Å². The van der Waals surface area contributed by atoms with Crippen LogP contribution < -0.4 is 26.6 Å². The number of carbonyl (C=O) groups excluding carboxylic acids is 3. The molecule has 3 amide bonds. The fourth-order valence-electron chi connectivity index (χ4n) is 4.48. The first-order valence-corrected chi connectivity index (χ1v) is 11.4. The van der Waals surface area contributed by atoms with Crippen LogP contribution in [0.3, 0.4) is 0 Å². The third-order valence-corrected chi connectivity index (χ3v) is 6.16. The molecule has 186 valence electrons. The van der Waals surface area contributed by atoms with Gasteiger partial charge >= 0.3 is 5.69 Å². The summed E-state index contributed by atoms with van der Waals surface area (Å²) in [7, 11) is 0. The summed E-state index contributed by atoms with van der Waals surface area (Å²) >= 11 is 0. The van der Waals surface area contributed by atoms with Crippen LogP contribution in [0.4, 0.5) is 4.39 Å². The standard InChI is InChI=1S/C23H26FN5O6/c24-14-1-4-18-17(11-14)22(33)26-13-16-3-2-15(12-20(31)25-7-10-35-18)29(16)21(32)6-9-28-8-5-19(30)27-23(28)34/h1,4-5,8,11,15-16H,2-3,6-7,9-10,12-13H2,(H,25,31)(H,26,33)(H,27,30,34)/t15-,16+/m0/s1. The second-order valence-electron chi connectivity index (χ2n) is 8.49. The maximum Gasteiger partial charge on any atom is 0.328 e. The van der Waals surface area contributed by atoms with Crippen molar-refractivity contribution >= 4 is 17.7 Å². The van der Waals surface area contributed by atoms with Gasteiger partial charge in [0.05, 0.1) is 12.1 Å². The van der Waals surface area contributed by atoms with Crippen molar-refractivity contribution < 1.29 is 23.5 Å². The predicted octanol–water partition coefficient (Wildman–Crippen LogP) is -0.246. The molecule has 3 N–H and O–H groups in total. The molecule has 4 rings (SSSR count). The molecule has 3 heterocycles. The largest absolute Gasteiger partial charge is 0.491 e. The zero-order chi connectivity index (χ0) is 24.9. The highest BCUT2D eigenvalue weighted by atomic mass is 19.1. The Labute approximate surface area is 199 Å². The van der Waals surface area contributed by atoms with Crippen LogP contribution in [-0.4, -0.2) is 64.0 Å². The molecular weight excluding hydrogens is 461 g/mol. The third kappa shape index (κ3) is 5.76. The summed E-state index contributed by atoms with van der Waals surface area (Å²) in [6.45, 7) is 0.419. The molecule has 1 saturated heterocycles. The van der Waals surface area contributed by atoms with E-state index in [0.29, 0.717) is 12.8 Å². The number of aromatic nitrogens is 2. The minimum atomic E-state index is -0.617. The number of nitrogens with one attached hydrogen (secondary N) is 3. The van der Waals surface area contributed by atoms with E-state index < -0.39 is 23.0 Å². The van der Waals surface area contributed by atoms with Crippen LogP contribution in [0.1, 0.15) is 36.0 Å². The molecule has 0 aliphatic carbocycles. The molecule has 2 aliphatic rings. The van der Waals surface area contributed by atoms with Gasteiger partial charge in [0, 0.05) is 50.3 Å². The van der Waals surface area contributed by atoms with Crippen molar-refractivity contribution in [2.45, 2.75) is 44.3 Å². The molecule has 0 radical (unpaired) electrons. The lowest BCUT2D eigenvalue weighted by Gasteiger charge is -2.31. The number of aryl methyl sites for hydroxylation is 1. The number of benzene rings is 1. The van der Waals surface area contributed by atoms with E-state index in [4.69, 9.17) is 4.74 Å². The highest BCUT2D eigenvalue weighted by molar-refractivity contribution is 5.97. The lowest BCUT2D eigenvalue weighted by Crippen LogP contribution is -2.48. The van der Waals surface area contributed by atoms with E-state index in [-0.39, 0.29) is 74.3 Å². The van der Waals surface area contributed by atoms with Gasteiger partial charge in [0.1, 0.15) is 18.2 Å². The van der Waals surface area contributed by atoms with Gasteiger partial charge in [-0.05, 0) is 31.0 Å². The zero-order valence-electron chi connectivity index (χ0n) is 18.9. The van der Waals surface area contributed by atoms with E-state index in [1.165, 1.54) is 29.0 Å². The number of hydrogen-bond donors (Lipinski definition) is 3. The summed E-state index contributed by atoms with van der Waals surface area (Å²) in [5.74, 6) is -1.45. The Morgan fingerprint density at radius 1 is 1.09 bits per heavy atom. The zero-order valence-corrected chi connectivity index (χ0v) is 18.9. The molecule has 0 unspecified atom stereocenters. The number of aromatic amines is 1. The molecule has 1 aromatic heterocycles. The number of ether oxygens (including phenoxy) is 1. The fourth-order valence-corrected chi connectivity index (χ4v) is 4.48. The molecule has 12 heteroatoms. The summed E-state index contributed by atoms with van der Waals surface area (Å²) in [5.41, 5.74) is -1.12. The van der Waals surface area contributed by atoms with Crippen molar-refractivity contribution in [3.05, 3.63) is 62.7 Å². The highest BCUT2D eigenvalue weighted by Crippen LogP contribution is 2.28. The molecule has 35 heavy (non-hydrogen) atoms. The van der Waals surface area contributed by atoms with E-state index in [1.807, 2.05) is 0 Å². The van der Waals surface area contributed by atoms with Crippen molar-refractivity contribution in [3.63, 3.8) is 0 Å². The van der Waals surface area contributed by atoms with Crippen molar-refractivity contribution in [3.8, 4) is 5.75 Å². The van der Waals surface area contributed by atoms with Gasteiger partial charge in [-0.1, -0.05) is 0 Å². The summed E-state index contributed by atoms with van der Waals surface area (Å²) in [6, 6.07) is 4.07. The molecular formula is C23H26FN5O6. The smallest absolute Gasteiger partial charge is 0.328 e. The van der Waals surface area contributed by atoms with E-state index in [0.717, 1.165) is 6.07 Å². The number of fused-ring (bicyclic) bond motifs is 3. The van der Waals surface area contributed by atoms with Gasteiger partial charge in [-0.25, -0.2) is 9.18 Å². The Morgan fingerprint density at radius 2 is 1.89 bits per heavy atom. The first-order chi connectivity index (χ1) is 16.8. The van der Waals surface area contributed by atoms with E-state index in [9.17, 15) is 28.4 Å². The van der Waals surface area contributed by atoms with Gasteiger partial charge < -0.3 is 24.8 Å². The Bertz CT molecular complexity index is 1240. The quantitative estimate of drug-likeness (QED) is 0.545. The number of hydrogen-bond acceptors (Lipinski definition) is 6. The van der Waals surface area contributed by atoms with Gasteiger partial charge in [-0.15, -0.1) is 0 Å². The number of carbonyl (C=O) groups is 3. The van der Waals surface area contributed by atoms with Crippen LogP contribution in [0.15, 0.2) is 40.1 Å². The SMILES string of the molecule is O=C1C[C@@H]2CC[C@H](CNC(=O)c3cc(F)ccc3OCCN1)N2C(=O)CCn1ccc(=O)[nH]c1=O. The molecule has 2 aliphatic heterocycles. The van der Waals surface area contributed by atoms with Gasteiger partial charge in [-0.2, -0.15) is 0 Å². The Balaban J connectivity index is 1.53. The van der Waals surface area contributed by atoms with Gasteiger partial charge in [0.2, 0.25) is 11.8 Å². The molecule has 0 saturated carbocycles. The monoisotopic (exact) mass is 487 g/mol. The maximum atomic E-state index is 13.8. The lowest BCUT2D eigenvalue weighted by atomic mass is 10.1. The molecule has 1 aromatic carbocycles. The molecule has 1 fully saturated rings. The van der Waals surface area contributed by atoms with Crippen molar-refractivity contribution in [2.24, 2.45) is 0 Å². The second kappa shape index (κ2) is 10.5. The van der Waals surface area contributed by atoms with Crippen molar-refractivity contribution in [2.75, 3.05) is 19.7 Å². The summed E-state index contributed by atoms with van der Waals surface area (Å²) in [5, 5.41) is 5.50. The molecule has 2 bridgehead atoms. The van der Waals surface area contributed by atoms with E-state index in [1.54, 1.807) is 4.90 Å². The van der Waals surface area contributed by atoms with Gasteiger partial charge in [-0.3, -0.25) is 24.2 Å². The molecule has 2 atom stereocenters. The van der Waals surface area contributed by atoms with Gasteiger partial charge in [0.25, 0.3) is 11.5 Å². The molecule has 0 spiro atoms. The Morgan fingerprint density at radius 3 is 2.69 bits per heavy atom. The lowest BCUT2D eigenvalue weighted by molar-refractivity contribution is -0.135. The number of halogens is 1. The minimum Gasteiger partial charge on any atom is -0.491 e. The number of amides is 3. The van der Waals surface area contributed by atoms with Crippen molar-refractivity contribution in [1.82, 2.24) is 25.1 Å². The van der Waals surface area contributed by atoms with Crippen LogP contribution in [0.5, 0.6) is 5.75 Å². The van der Waals surface area contributed by atoms with Crippen LogP contribution >= 0.6 is 0 Å². The van der Waals surface area contributed by atoms with Crippen LogP contribution in [0.2, 0.25) is 0 Å². The maximum absolute atomic E-state index is 13.8. The summed E-state index contributed by atoms with van der Waals surface area (Å²) < 4.78 is 20.6. The first kappa shape index (κ1) is 24.2. The van der Waals surface area contributed by atoms with Crippen LogP contribution in [0.25, 0.3) is 0 Å².